The lowest BCUT2D eigenvalue weighted by molar-refractivity contribution is -0.137. The lowest BCUT2D eigenvalue weighted by Crippen LogP contribution is -2.24. The normalized spacial score (nSPS) is 13.3. The van der Waals surface area contributed by atoms with Gasteiger partial charge in [0.05, 0.1) is 13.0 Å². The van der Waals surface area contributed by atoms with E-state index in [0.717, 1.165) is 11.1 Å². The van der Waals surface area contributed by atoms with Gasteiger partial charge >= 0.3 is 5.97 Å². The lowest BCUT2D eigenvalue weighted by Gasteiger charge is -2.26. The molecule has 0 spiro atoms. The summed E-state index contributed by atoms with van der Waals surface area (Å²) < 4.78 is 5.20. The minimum absolute atomic E-state index is 0.121. The zero-order chi connectivity index (χ0) is 14.6. The molecular weight excluding hydrogens is 266 g/mol. The van der Waals surface area contributed by atoms with Crippen molar-refractivity contribution in [2.75, 3.05) is 13.7 Å². The number of carboxylic acid groups (broad SMARTS) is 1. The van der Waals surface area contributed by atoms with E-state index in [4.69, 9.17) is 27.2 Å². The van der Waals surface area contributed by atoms with E-state index in [1.165, 1.54) is 0 Å². The number of aliphatic carboxylic acids is 1. The number of rotatable bonds is 6. The molecule has 4 nitrogen and oxygen atoms in total. The van der Waals surface area contributed by atoms with Crippen LogP contribution in [0, 0.1) is 0 Å². The quantitative estimate of drug-likeness (QED) is 0.843. The van der Waals surface area contributed by atoms with Crippen molar-refractivity contribution in [3.63, 3.8) is 0 Å². The molecule has 0 amide bonds. The van der Waals surface area contributed by atoms with Crippen LogP contribution >= 0.6 is 11.6 Å². The molecule has 0 saturated heterocycles. The van der Waals surface area contributed by atoms with Gasteiger partial charge in [-0.3, -0.25) is 4.79 Å². The Balaban J connectivity index is 3.10. The van der Waals surface area contributed by atoms with Crippen molar-refractivity contribution < 1.29 is 14.6 Å². The van der Waals surface area contributed by atoms with Gasteiger partial charge in [-0.2, -0.15) is 0 Å². The van der Waals surface area contributed by atoms with Gasteiger partial charge in [-0.25, -0.2) is 0 Å². The maximum absolute atomic E-state index is 10.7. The number of methoxy groups -OCH3 is 1. The Bertz CT molecular complexity index is 460. The van der Waals surface area contributed by atoms with E-state index < -0.39 is 12.0 Å². The second kappa shape index (κ2) is 6.37. The van der Waals surface area contributed by atoms with Crippen molar-refractivity contribution in [2.24, 2.45) is 5.73 Å². The first-order valence-electron chi connectivity index (χ1n) is 6.03. The van der Waals surface area contributed by atoms with Crippen molar-refractivity contribution in [2.45, 2.75) is 31.7 Å². The molecule has 0 radical (unpaired) electrons. The second-order valence-corrected chi connectivity index (χ2v) is 5.73. The fraction of sp³-hybridized carbons (Fsp3) is 0.500. The van der Waals surface area contributed by atoms with Crippen LogP contribution < -0.4 is 5.73 Å². The van der Waals surface area contributed by atoms with Crippen LogP contribution in [0.15, 0.2) is 18.2 Å². The highest BCUT2D eigenvalue weighted by Crippen LogP contribution is 2.29. The molecule has 5 heteroatoms. The lowest BCUT2D eigenvalue weighted by atomic mass is 9.84. The number of hydrogen-bond acceptors (Lipinski definition) is 3. The summed E-state index contributed by atoms with van der Waals surface area (Å²) in [5.41, 5.74) is 7.38. The predicted octanol–water partition coefficient (Wildman–Crippen LogP) is 2.74. The Morgan fingerprint density at radius 3 is 2.63 bits per heavy atom. The maximum Gasteiger partial charge on any atom is 0.305 e. The monoisotopic (exact) mass is 285 g/mol. The molecule has 19 heavy (non-hydrogen) atoms. The molecule has 0 bridgehead atoms. The van der Waals surface area contributed by atoms with E-state index in [9.17, 15) is 4.79 Å². The van der Waals surface area contributed by atoms with Gasteiger partial charge in [0.2, 0.25) is 0 Å². The smallest absolute Gasteiger partial charge is 0.305 e. The maximum atomic E-state index is 10.7. The highest BCUT2D eigenvalue weighted by atomic mass is 35.5. The summed E-state index contributed by atoms with van der Waals surface area (Å²) in [5.74, 6) is -0.926. The van der Waals surface area contributed by atoms with Crippen LogP contribution in [-0.2, 0) is 14.9 Å². The SMILES string of the molecule is COCC(C)(C)c1cc(Cl)cc([C@@H](N)CC(=O)O)c1. The Kier molecular flexibility index (Phi) is 5.35. The number of carboxylic acids is 1. The van der Waals surface area contributed by atoms with E-state index in [1.54, 1.807) is 13.2 Å². The second-order valence-electron chi connectivity index (χ2n) is 5.29. The number of ether oxygens (including phenoxy) is 1. The molecule has 1 atom stereocenters. The Morgan fingerprint density at radius 1 is 1.47 bits per heavy atom. The molecule has 1 rings (SSSR count). The largest absolute Gasteiger partial charge is 0.481 e. The van der Waals surface area contributed by atoms with Crippen LogP contribution in [-0.4, -0.2) is 24.8 Å². The summed E-state index contributed by atoms with van der Waals surface area (Å²) in [6.45, 7) is 4.62. The zero-order valence-electron chi connectivity index (χ0n) is 11.4. The van der Waals surface area contributed by atoms with E-state index in [2.05, 4.69) is 0 Å². The van der Waals surface area contributed by atoms with E-state index in [-0.39, 0.29) is 11.8 Å². The van der Waals surface area contributed by atoms with Gasteiger partial charge in [0.15, 0.2) is 0 Å². The van der Waals surface area contributed by atoms with Crippen molar-refractivity contribution in [3.8, 4) is 0 Å². The van der Waals surface area contributed by atoms with Gasteiger partial charge < -0.3 is 15.6 Å². The van der Waals surface area contributed by atoms with Crippen molar-refractivity contribution in [1.29, 1.82) is 0 Å². The summed E-state index contributed by atoms with van der Waals surface area (Å²) in [6, 6.07) is 4.91. The first-order chi connectivity index (χ1) is 8.76. The van der Waals surface area contributed by atoms with Gasteiger partial charge in [-0.15, -0.1) is 0 Å². The minimum atomic E-state index is -0.926. The molecule has 0 heterocycles. The summed E-state index contributed by atoms with van der Waals surface area (Å²) >= 11 is 6.09. The van der Waals surface area contributed by atoms with Crippen LogP contribution in [0.3, 0.4) is 0 Å². The third-order valence-electron chi connectivity index (χ3n) is 3.03. The molecule has 106 valence electrons. The number of benzene rings is 1. The molecule has 0 fully saturated rings. The number of nitrogens with two attached hydrogens (primary N) is 1. The Labute approximate surface area is 118 Å². The van der Waals surface area contributed by atoms with Gasteiger partial charge in [0.1, 0.15) is 0 Å². The number of halogens is 1. The molecule has 0 aliphatic carbocycles. The fourth-order valence-electron chi connectivity index (χ4n) is 1.97. The number of carbonyl (C=O) groups is 1. The van der Waals surface area contributed by atoms with Crippen LogP contribution in [0.1, 0.15) is 37.4 Å². The standard InChI is InChI=1S/C14H20ClNO3/c1-14(2,8-19-3)10-4-9(5-11(15)6-10)12(16)7-13(17)18/h4-6,12H,7-8,16H2,1-3H3,(H,17,18)/t12-/m0/s1. The minimum Gasteiger partial charge on any atom is -0.481 e. The Hall–Kier alpha value is -1.10. The van der Waals surface area contributed by atoms with Gasteiger partial charge in [0.25, 0.3) is 0 Å². The molecular formula is C14H20ClNO3. The molecule has 0 unspecified atom stereocenters. The predicted molar refractivity (Wildman–Crippen MR) is 75.5 cm³/mol. The van der Waals surface area contributed by atoms with Crippen LogP contribution in [0.2, 0.25) is 5.02 Å². The topological polar surface area (TPSA) is 72.5 Å². The third-order valence-corrected chi connectivity index (χ3v) is 3.25. The highest BCUT2D eigenvalue weighted by Gasteiger charge is 2.22. The van der Waals surface area contributed by atoms with Crippen molar-refractivity contribution in [1.82, 2.24) is 0 Å². The van der Waals surface area contributed by atoms with Gasteiger partial charge in [0, 0.05) is 23.6 Å². The van der Waals surface area contributed by atoms with Gasteiger partial charge in [-0.05, 0) is 23.3 Å². The molecule has 0 aliphatic heterocycles. The molecule has 0 aliphatic rings. The molecule has 3 N–H and O–H groups in total. The molecule has 0 aromatic heterocycles. The molecule has 0 saturated carbocycles. The highest BCUT2D eigenvalue weighted by molar-refractivity contribution is 6.30. The van der Waals surface area contributed by atoms with Crippen molar-refractivity contribution in [3.05, 3.63) is 34.3 Å². The van der Waals surface area contributed by atoms with Crippen molar-refractivity contribution >= 4 is 17.6 Å². The van der Waals surface area contributed by atoms with E-state index in [1.807, 2.05) is 26.0 Å². The third kappa shape index (κ3) is 4.49. The Morgan fingerprint density at radius 2 is 2.11 bits per heavy atom. The first-order valence-corrected chi connectivity index (χ1v) is 6.41. The molecule has 1 aromatic rings. The van der Waals surface area contributed by atoms with Gasteiger partial charge in [-0.1, -0.05) is 31.5 Å². The summed E-state index contributed by atoms with van der Waals surface area (Å²) in [6.07, 6.45) is -0.121. The van der Waals surface area contributed by atoms with E-state index in [0.29, 0.717) is 11.6 Å². The van der Waals surface area contributed by atoms with Crippen LogP contribution in [0.4, 0.5) is 0 Å². The fourth-order valence-corrected chi connectivity index (χ4v) is 2.21. The number of hydrogen-bond donors (Lipinski definition) is 2. The first kappa shape index (κ1) is 16.0. The van der Waals surface area contributed by atoms with E-state index >= 15 is 0 Å². The van der Waals surface area contributed by atoms with Crippen LogP contribution in [0.25, 0.3) is 0 Å². The zero-order valence-corrected chi connectivity index (χ0v) is 12.2. The summed E-state index contributed by atoms with van der Waals surface area (Å²) in [5, 5.41) is 9.35. The van der Waals surface area contributed by atoms with Crippen LogP contribution in [0.5, 0.6) is 0 Å². The summed E-state index contributed by atoms with van der Waals surface area (Å²) in [4.78, 5) is 10.7. The summed E-state index contributed by atoms with van der Waals surface area (Å²) in [7, 11) is 1.64. The average Bonchev–Trinajstić information content (AvgIpc) is 2.27. The average molecular weight is 286 g/mol. The molecule has 1 aromatic carbocycles.